The van der Waals surface area contributed by atoms with E-state index in [1.807, 2.05) is 12.1 Å². The third kappa shape index (κ3) is 1.25. The van der Waals surface area contributed by atoms with Crippen LogP contribution in [0.3, 0.4) is 0 Å². The summed E-state index contributed by atoms with van der Waals surface area (Å²) in [7, 11) is 0. The van der Waals surface area contributed by atoms with E-state index < -0.39 is 0 Å². The number of halogens is 1. The lowest BCUT2D eigenvalue weighted by Crippen LogP contribution is -2.30. The van der Waals surface area contributed by atoms with Gasteiger partial charge < -0.3 is 0 Å². The molecule has 0 aromatic heterocycles. The fourth-order valence-corrected chi connectivity index (χ4v) is 1.82. The largest absolute Gasteiger partial charge is 0.0843 e. The number of hydrogen-bond donors (Lipinski definition) is 0. The topological polar surface area (TPSA) is 0 Å². The Morgan fingerprint density at radius 2 is 1.75 bits per heavy atom. The first-order valence-electron chi connectivity index (χ1n) is 4.32. The molecule has 0 spiro atoms. The maximum atomic E-state index is 5.80. The van der Waals surface area contributed by atoms with Crippen LogP contribution in [-0.4, -0.2) is 0 Å². The lowest BCUT2D eigenvalue weighted by molar-refractivity contribution is 0.310. The van der Waals surface area contributed by atoms with E-state index in [4.69, 9.17) is 11.6 Å². The SMILES string of the molecule is [CH2]C1(c2ccc(Cl)cc2)CCC1. The Kier molecular flexibility index (Phi) is 1.88. The Hall–Kier alpha value is -0.490. The van der Waals surface area contributed by atoms with Gasteiger partial charge in [-0.3, -0.25) is 0 Å². The van der Waals surface area contributed by atoms with Crippen molar-refractivity contribution in [2.45, 2.75) is 24.7 Å². The maximum Gasteiger partial charge on any atom is 0.0406 e. The average molecular weight is 180 g/mol. The molecule has 63 valence electrons. The standard InChI is InChI=1S/C11H12Cl/c1-11(7-2-8-11)9-3-5-10(12)6-4-9/h3-6H,1-2,7-8H2. The molecular weight excluding hydrogens is 168 g/mol. The van der Waals surface area contributed by atoms with Crippen LogP contribution in [0.15, 0.2) is 24.3 Å². The third-order valence-electron chi connectivity index (χ3n) is 2.77. The molecule has 1 aliphatic rings. The number of rotatable bonds is 1. The van der Waals surface area contributed by atoms with Gasteiger partial charge in [-0.1, -0.05) is 30.2 Å². The fraction of sp³-hybridized carbons (Fsp3) is 0.364. The molecule has 1 radical (unpaired) electrons. The van der Waals surface area contributed by atoms with E-state index >= 15 is 0 Å². The Morgan fingerprint density at radius 1 is 1.17 bits per heavy atom. The molecule has 0 bridgehead atoms. The van der Waals surface area contributed by atoms with Crippen LogP contribution in [0.25, 0.3) is 0 Å². The molecule has 0 atom stereocenters. The second-order valence-corrected chi connectivity index (χ2v) is 4.08. The highest BCUT2D eigenvalue weighted by atomic mass is 35.5. The van der Waals surface area contributed by atoms with Gasteiger partial charge in [0.2, 0.25) is 0 Å². The van der Waals surface area contributed by atoms with E-state index in [1.165, 1.54) is 24.8 Å². The third-order valence-corrected chi connectivity index (χ3v) is 3.02. The zero-order valence-electron chi connectivity index (χ0n) is 7.02. The summed E-state index contributed by atoms with van der Waals surface area (Å²) in [5.74, 6) is 0. The first kappa shape index (κ1) is 8.12. The Bertz CT molecular complexity index is 270. The van der Waals surface area contributed by atoms with Gasteiger partial charge in [-0.15, -0.1) is 0 Å². The van der Waals surface area contributed by atoms with Gasteiger partial charge in [-0.05, 0) is 42.9 Å². The van der Waals surface area contributed by atoms with E-state index in [9.17, 15) is 0 Å². The summed E-state index contributed by atoms with van der Waals surface area (Å²) < 4.78 is 0. The van der Waals surface area contributed by atoms with Gasteiger partial charge in [-0.25, -0.2) is 0 Å². The highest BCUT2D eigenvalue weighted by molar-refractivity contribution is 6.30. The van der Waals surface area contributed by atoms with E-state index in [0.29, 0.717) is 0 Å². The summed E-state index contributed by atoms with van der Waals surface area (Å²) >= 11 is 5.80. The van der Waals surface area contributed by atoms with Crippen molar-refractivity contribution in [2.24, 2.45) is 0 Å². The van der Waals surface area contributed by atoms with Crippen LogP contribution in [0.2, 0.25) is 5.02 Å². The van der Waals surface area contributed by atoms with Crippen LogP contribution < -0.4 is 0 Å². The normalized spacial score (nSPS) is 20.2. The van der Waals surface area contributed by atoms with Gasteiger partial charge in [0.15, 0.2) is 0 Å². The Balaban J connectivity index is 2.28. The molecule has 12 heavy (non-hydrogen) atoms. The van der Waals surface area contributed by atoms with Crippen molar-refractivity contribution >= 4 is 11.6 Å². The summed E-state index contributed by atoms with van der Waals surface area (Å²) in [4.78, 5) is 0. The molecular formula is C11H12Cl. The zero-order valence-corrected chi connectivity index (χ0v) is 7.77. The van der Waals surface area contributed by atoms with Gasteiger partial charge in [0.1, 0.15) is 0 Å². The first-order valence-corrected chi connectivity index (χ1v) is 4.70. The second-order valence-electron chi connectivity index (χ2n) is 3.64. The molecule has 0 N–H and O–H groups in total. The molecule has 1 aromatic rings. The van der Waals surface area contributed by atoms with Crippen LogP contribution >= 0.6 is 11.6 Å². The van der Waals surface area contributed by atoms with Crippen LogP contribution in [0.1, 0.15) is 24.8 Å². The molecule has 0 saturated heterocycles. The minimum atomic E-state index is 0.199. The lowest BCUT2D eigenvalue weighted by Gasteiger charge is -2.38. The summed E-state index contributed by atoms with van der Waals surface area (Å²) in [6.07, 6.45) is 3.75. The monoisotopic (exact) mass is 179 g/mol. The fourth-order valence-electron chi connectivity index (χ4n) is 1.70. The maximum absolute atomic E-state index is 5.80. The highest BCUT2D eigenvalue weighted by Gasteiger charge is 2.33. The van der Waals surface area contributed by atoms with Crippen LogP contribution in [0.5, 0.6) is 0 Å². The molecule has 0 heterocycles. The van der Waals surface area contributed by atoms with Gasteiger partial charge >= 0.3 is 0 Å². The van der Waals surface area contributed by atoms with Gasteiger partial charge in [0.05, 0.1) is 0 Å². The van der Waals surface area contributed by atoms with Gasteiger partial charge in [0.25, 0.3) is 0 Å². The highest BCUT2D eigenvalue weighted by Crippen LogP contribution is 2.42. The van der Waals surface area contributed by atoms with Crippen molar-refractivity contribution in [1.29, 1.82) is 0 Å². The van der Waals surface area contributed by atoms with E-state index in [1.54, 1.807) is 0 Å². The number of benzene rings is 1. The summed E-state index contributed by atoms with van der Waals surface area (Å²) in [5.41, 5.74) is 1.53. The molecule has 0 aliphatic heterocycles. The van der Waals surface area contributed by atoms with Gasteiger partial charge in [0, 0.05) is 5.02 Å². The lowest BCUT2D eigenvalue weighted by atomic mass is 9.66. The summed E-state index contributed by atoms with van der Waals surface area (Å²) in [6, 6.07) is 8.08. The average Bonchev–Trinajstić information content (AvgIpc) is 2.02. The van der Waals surface area contributed by atoms with Crippen molar-refractivity contribution in [1.82, 2.24) is 0 Å². The molecule has 2 rings (SSSR count). The molecule has 1 aliphatic carbocycles. The van der Waals surface area contributed by atoms with Crippen LogP contribution in [0, 0.1) is 6.92 Å². The molecule has 0 amide bonds. The molecule has 1 fully saturated rings. The first-order chi connectivity index (χ1) is 5.71. The molecule has 1 saturated carbocycles. The van der Waals surface area contributed by atoms with Crippen LogP contribution in [-0.2, 0) is 5.41 Å². The van der Waals surface area contributed by atoms with E-state index in [-0.39, 0.29) is 5.41 Å². The smallest absolute Gasteiger partial charge is 0.0406 e. The second kappa shape index (κ2) is 2.77. The van der Waals surface area contributed by atoms with Crippen molar-refractivity contribution in [3.8, 4) is 0 Å². The minimum Gasteiger partial charge on any atom is -0.0843 e. The predicted octanol–water partition coefficient (Wildman–Crippen LogP) is 3.60. The summed E-state index contributed by atoms with van der Waals surface area (Å²) in [5, 5.41) is 0.807. The predicted molar refractivity (Wildman–Crippen MR) is 52.3 cm³/mol. The minimum absolute atomic E-state index is 0.199. The molecule has 0 unspecified atom stereocenters. The van der Waals surface area contributed by atoms with Crippen molar-refractivity contribution in [2.75, 3.05) is 0 Å². The zero-order chi connectivity index (χ0) is 8.60. The Labute approximate surface area is 78.6 Å². The van der Waals surface area contributed by atoms with Crippen molar-refractivity contribution in [3.05, 3.63) is 41.8 Å². The van der Waals surface area contributed by atoms with E-state index in [2.05, 4.69) is 19.1 Å². The van der Waals surface area contributed by atoms with E-state index in [0.717, 1.165) is 5.02 Å². The van der Waals surface area contributed by atoms with Crippen molar-refractivity contribution in [3.63, 3.8) is 0 Å². The number of hydrogen-bond acceptors (Lipinski definition) is 0. The Morgan fingerprint density at radius 3 is 2.17 bits per heavy atom. The molecule has 0 nitrogen and oxygen atoms in total. The van der Waals surface area contributed by atoms with Crippen LogP contribution in [0.4, 0.5) is 0 Å². The van der Waals surface area contributed by atoms with Gasteiger partial charge in [-0.2, -0.15) is 0 Å². The molecule has 1 heteroatoms. The summed E-state index contributed by atoms with van der Waals surface area (Å²) in [6.45, 7) is 4.23. The van der Waals surface area contributed by atoms with Crippen molar-refractivity contribution < 1.29 is 0 Å². The quantitative estimate of drug-likeness (QED) is 0.618. The molecule has 1 aromatic carbocycles.